The molecule has 1 aromatic heterocycles. The molecule has 6 heteroatoms. The van der Waals surface area contributed by atoms with Crippen LogP contribution in [0.2, 0.25) is 0 Å². The summed E-state index contributed by atoms with van der Waals surface area (Å²) in [5.74, 6) is 0.457. The van der Waals surface area contributed by atoms with Gasteiger partial charge >= 0.3 is 0 Å². The Morgan fingerprint density at radius 2 is 2.04 bits per heavy atom. The Hall–Kier alpha value is -1.79. The molecule has 2 aromatic rings. The molecule has 4 nitrogen and oxygen atoms in total. The van der Waals surface area contributed by atoms with Gasteiger partial charge in [0.15, 0.2) is 0 Å². The summed E-state index contributed by atoms with van der Waals surface area (Å²) in [6.07, 6.45) is 2.13. The van der Waals surface area contributed by atoms with Gasteiger partial charge in [0.05, 0.1) is 18.0 Å². The monoisotopic (exact) mass is 358 g/mol. The highest BCUT2D eigenvalue weighted by molar-refractivity contribution is 8.00. The molecule has 0 N–H and O–H groups in total. The van der Waals surface area contributed by atoms with Gasteiger partial charge < -0.3 is 9.80 Å². The Kier molecular flexibility index (Phi) is 4.33. The van der Waals surface area contributed by atoms with Gasteiger partial charge in [-0.1, -0.05) is 18.2 Å². The summed E-state index contributed by atoms with van der Waals surface area (Å²) in [6, 6.07) is 12.2. The van der Waals surface area contributed by atoms with E-state index in [2.05, 4.69) is 6.07 Å². The number of thioether (sulfide) groups is 1. The standard InChI is InChI=1S/C18H18N2O2S2/c21-17(19(13-7-8-13)10-14-4-3-9-23-14)11-20-15-5-1-2-6-16(15)24-12-18(20)22/h1-6,9,13H,7-8,10-12H2. The fraction of sp³-hybridized carbons (Fsp3) is 0.333. The average molecular weight is 358 g/mol. The van der Waals surface area contributed by atoms with Gasteiger partial charge in [0, 0.05) is 15.8 Å². The van der Waals surface area contributed by atoms with Crippen molar-refractivity contribution in [1.29, 1.82) is 0 Å². The summed E-state index contributed by atoms with van der Waals surface area (Å²) >= 11 is 3.22. The van der Waals surface area contributed by atoms with Crippen molar-refractivity contribution in [2.45, 2.75) is 30.3 Å². The predicted molar refractivity (Wildman–Crippen MR) is 97.4 cm³/mol. The summed E-state index contributed by atoms with van der Waals surface area (Å²) in [5, 5.41) is 2.03. The lowest BCUT2D eigenvalue weighted by atomic mass is 10.2. The first-order valence-electron chi connectivity index (χ1n) is 8.06. The molecule has 1 aliphatic heterocycles. The number of rotatable bonds is 5. The van der Waals surface area contributed by atoms with Crippen molar-refractivity contribution in [2.24, 2.45) is 0 Å². The molecule has 0 spiro atoms. The van der Waals surface area contributed by atoms with E-state index >= 15 is 0 Å². The van der Waals surface area contributed by atoms with Gasteiger partial charge in [0.2, 0.25) is 11.8 Å². The van der Waals surface area contributed by atoms with Gasteiger partial charge in [0.25, 0.3) is 0 Å². The molecule has 2 heterocycles. The first-order valence-corrected chi connectivity index (χ1v) is 9.93. The van der Waals surface area contributed by atoms with Crippen molar-refractivity contribution < 1.29 is 9.59 Å². The first kappa shape index (κ1) is 15.7. The van der Waals surface area contributed by atoms with Crippen molar-refractivity contribution in [1.82, 2.24) is 4.90 Å². The van der Waals surface area contributed by atoms with E-state index in [1.807, 2.05) is 40.6 Å². The highest BCUT2D eigenvalue weighted by atomic mass is 32.2. The van der Waals surface area contributed by atoms with Crippen molar-refractivity contribution in [3.8, 4) is 0 Å². The molecular formula is C18H18N2O2S2. The number of fused-ring (bicyclic) bond motifs is 1. The van der Waals surface area contributed by atoms with E-state index < -0.39 is 0 Å². The maximum absolute atomic E-state index is 12.9. The maximum Gasteiger partial charge on any atom is 0.243 e. The number of anilines is 1. The zero-order valence-electron chi connectivity index (χ0n) is 13.2. The number of hydrogen-bond acceptors (Lipinski definition) is 4. The van der Waals surface area contributed by atoms with Gasteiger partial charge in [-0.15, -0.1) is 23.1 Å². The molecule has 4 rings (SSSR count). The van der Waals surface area contributed by atoms with E-state index in [-0.39, 0.29) is 18.4 Å². The number of carbonyl (C=O) groups excluding carboxylic acids is 2. The minimum Gasteiger partial charge on any atom is -0.333 e. The normalized spacial score (nSPS) is 16.8. The molecule has 0 unspecified atom stereocenters. The third kappa shape index (κ3) is 3.21. The largest absolute Gasteiger partial charge is 0.333 e. The summed E-state index contributed by atoms with van der Waals surface area (Å²) in [6.45, 7) is 0.790. The Bertz CT molecular complexity index is 756. The van der Waals surface area contributed by atoms with E-state index in [1.54, 1.807) is 28.0 Å². The Morgan fingerprint density at radius 1 is 1.21 bits per heavy atom. The summed E-state index contributed by atoms with van der Waals surface area (Å²) in [4.78, 5) is 31.1. The van der Waals surface area contributed by atoms with Crippen LogP contribution in [0.1, 0.15) is 17.7 Å². The number of thiophene rings is 1. The molecule has 0 atom stereocenters. The molecule has 2 aliphatic rings. The molecule has 1 saturated carbocycles. The van der Waals surface area contributed by atoms with Crippen LogP contribution in [0, 0.1) is 0 Å². The number of nitrogens with zero attached hydrogens (tertiary/aromatic N) is 2. The third-order valence-corrected chi connectivity index (χ3v) is 6.22. The topological polar surface area (TPSA) is 40.6 Å². The zero-order valence-corrected chi connectivity index (χ0v) is 14.8. The minimum absolute atomic E-state index is 0.0129. The van der Waals surface area contributed by atoms with Gasteiger partial charge in [-0.2, -0.15) is 0 Å². The van der Waals surface area contributed by atoms with E-state index in [9.17, 15) is 9.59 Å². The van der Waals surface area contributed by atoms with E-state index in [0.717, 1.165) is 23.4 Å². The summed E-state index contributed by atoms with van der Waals surface area (Å²) in [7, 11) is 0. The van der Waals surface area contributed by atoms with Crippen molar-refractivity contribution in [3.05, 3.63) is 46.7 Å². The van der Waals surface area contributed by atoms with Gasteiger partial charge in [0.1, 0.15) is 6.54 Å². The fourth-order valence-electron chi connectivity index (χ4n) is 2.93. The number of benzene rings is 1. The lowest BCUT2D eigenvalue weighted by molar-refractivity contribution is -0.132. The van der Waals surface area contributed by atoms with Gasteiger partial charge in [-0.05, 0) is 36.4 Å². The number of amides is 2. The molecule has 0 bridgehead atoms. The molecular weight excluding hydrogens is 340 g/mol. The highest BCUT2D eigenvalue weighted by Gasteiger charge is 2.35. The second-order valence-electron chi connectivity index (χ2n) is 6.07. The molecule has 1 aliphatic carbocycles. The predicted octanol–water partition coefficient (Wildman–Crippen LogP) is 3.38. The Morgan fingerprint density at radius 3 is 2.79 bits per heavy atom. The summed E-state index contributed by atoms with van der Waals surface area (Å²) in [5.41, 5.74) is 0.860. The highest BCUT2D eigenvalue weighted by Crippen LogP contribution is 2.35. The van der Waals surface area contributed by atoms with E-state index in [0.29, 0.717) is 18.3 Å². The Balaban J connectivity index is 1.53. The number of hydrogen-bond donors (Lipinski definition) is 0. The first-order chi connectivity index (χ1) is 11.7. The molecule has 24 heavy (non-hydrogen) atoms. The smallest absolute Gasteiger partial charge is 0.243 e. The molecule has 2 amide bonds. The molecule has 124 valence electrons. The van der Waals surface area contributed by atoms with Crippen LogP contribution in [-0.2, 0) is 16.1 Å². The minimum atomic E-state index is 0.0129. The van der Waals surface area contributed by atoms with Crippen LogP contribution < -0.4 is 4.90 Å². The van der Waals surface area contributed by atoms with Crippen molar-refractivity contribution in [3.63, 3.8) is 0 Å². The quantitative estimate of drug-likeness (QED) is 0.823. The van der Waals surface area contributed by atoms with Crippen molar-refractivity contribution >= 4 is 40.6 Å². The molecule has 1 aromatic carbocycles. The Labute approximate surface area is 149 Å². The lowest BCUT2D eigenvalue weighted by Crippen LogP contribution is -2.45. The summed E-state index contributed by atoms with van der Waals surface area (Å²) < 4.78 is 0. The SMILES string of the molecule is O=C1CSc2ccccc2N1CC(=O)N(Cc1cccs1)C1CC1. The van der Waals surface area contributed by atoms with E-state index in [4.69, 9.17) is 0 Å². The lowest BCUT2D eigenvalue weighted by Gasteiger charge is -2.31. The van der Waals surface area contributed by atoms with Gasteiger partial charge in [-0.25, -0.2) is 0 Å². The van der Waals surface area contributed by atoms with Gasteiger partial charge in [-0.3, -0.25) is 9.59 Å². The fourth-order valence-corrected chi connectivity index (χ4v) is 4.57. The van der Waals surface area contributed by atoms with Crippen LogP contribution in [0.5, 0.6) is 0 Å². The van der Waals surface area contributed by atoms with Crippen LogP contribution in [-0.4, -0.2) is 35.1 Å². The van der Waals surface area contributed by atoms with Crippen LogP contribution in [0.3, 0.4) is 0 Å². The second kappa shape index (κ2) is 6.61. The molecule has 0 saturated heterocycles. The van der Waals surface area contributed by atoms with Crippen LogP contribution >= 0.6 is 23.1 Å². The zero-order chi connectivity index (χ0) is 16.5. The van der Waals surface area contributed by atoms with Crippen LogP contribution in [0.4, 0.5) is 5.69 Å². The maximum atomic E-state index is 12.9. The number of carbonyl (C=O) groups is 2. The van der Waals surface area contributed by atoms with E-state index in [1.165, 1.54) is 4.88 Å². The third-order valence-electron chi connectivity index (χ3n) is 4.32. The van der Waals surface area contributed by atoms with Crippen LogP contribution in [0.25, 0.3) is 0 Å². The van der Waals surface area contributed by atoms with Crippen molar-refractivity contribution in [2.75, 3.05) is 17.2 Å². The number of para-hydroxylation sites is 1. The molecule has 1 fully saturated rings. The van der Waals surface area contributed by atoms with Crippen LogP contribution in [0.15, 0.2) is 46.7 Å². The second-order valence-corrected chi connectivity index (χ2v) is 8.12. The molecule has 0 radical (unpaired) electrons. The average Bonchev–Trinajstić information content (AvgIpc) is 3.31.